The van der Waals surface area contributed by atoms with Gasteiger partial charge in [0.1, 0.15) is 0 Å². The maximum absolute atomic E-state index is 9.38. The molecule has 1 aliphatic carbocycles. The third-order valence-corrected chi connectivity index (χ3v) is 2.05. The number of fused-ring (bicyclic) bond motifs is 1. The first-order chi connectivity index (χ1) is 5.79. The fourth-order valence-electron chi connectivity index (χ4n) is 1.36. The third-order valence-electron chi connectivity index (χ3n) is 2.05. The van der Waals surface area contributed by atoms with Gasteiger partial charge in [0, 0.05) is 0 Å². The lowest BCUT2D eigenvalue weighted by Gasteiger charge is -2.21. The summed E-state index contributed by atoms with van der Waals surface area (Å²) in [6.07, 6.45) is 2.95. The Morgan fingerprint density at radius 1 is 1.25 bits per heavy atom. The highest BCUT2D eigenvalue weighted by atomic mass is 16.3. The minimum atomic E-state index is -0.625. The molecule has 0 aromatic heterocycles. The summed E-state index contributed by atoms with van der Waals surface area (Å²) in [6, 6.07) is 8.29. The highest BCUT2D eigenvalue weighted by Crippen LogP contribution is 2.24. The molecule has 0 fully saturated rings. The molecule has 12 heavy (non-hydrogen) atoms. The quantitative estimate of drug-likeness (QED) is 0.592. The summed E-state index contributed by atoms with van der Waals surface area (Å²) < 4.78 is 0. The molecule has 2 nitrogen and oxygen atoms in total. The zero-order valence-electron chi connectivity index (χ0n) is 6.57. The van der Waals surface area contributed by atoms with E-state index in [0.29, 0.717) is 6.04 Å². The largest absolute Gasteiger partial charge is 0.387 e. The number of rotatable bonds is 0. The maximum atomic E-state index is 9.38. The molecule has 61 valence electrons. The van der Waals surface area contributed by atoms with Gasteiger partial charge < -0.3 is 10.8 Å². The number of nitrogens with two attached hydrogens (primary N) is 1. The van der Waals surface area contributed by atoms with Crippen molar-refractivity contribution in [3.63, 3.8) is 0 Å². The second-order valence-electron chi connectivity index (χ2n) is 2.85. The van der Waals surface area contributed by atoms with Crippen LogP contribution in [-0.4, -0.2) is 11.2 Å². The van der Waals surface area contributed by atoms with Gasteiger partial charge in [0.25, 0.3) is 0 Å². The van der Waals surface area contributed by atoms with Crippen molar-refractivity contribution < 1.29 is 5.11 Å². The Balaban J connectivity index is 2.52. The second-order valence-corrected chi connectivity index (χ2v) is 2.85. The fraction of sp³-hybridized carbons (Fsp3) is 0.100. The van der Waals surface area contributed by atoms with Gasteiger partial charge in [-0.05, 0) is 11.1 Å². The Morgan fingerprint density at radius 2 is 2.00 bits per heavy atom. The lowest BCUT2D eigenvalue weighted by molar-refractivity contribution is 0.238. The molecule has 0 saturated carbocycles. The van der Waals surface area contributed by atoms with Crippen LogP contribution >= 0.6 is 0 Å². The Hall–Kier alpha value is -1.12. The number of aliphatic hydroxyl groups is 1. The van der Waals surface area contributed by atoms with Crippen molar-refractivity contribution in [2.24, 2.45) is 5.73 Å². The molecule has 1 aliphatic rings. The van der Waals surface area contributed by atoms with E-state index in [2.05, 4.69) is 0 Å². The lowest BCUT2D eigenvalue weighted by Crippen LogP contribution is -2.28. The van der Waals surface area contributed by atoms with Gasteiger partial charge in [0.2, 0.25) is 0 Å². The third kappa shape index (κ3) is 1.05. The Kier molecular flexibility index (Phi) is 1.71. The molecule has 1 aromatic carbocycles. The molecule has 0 aliphatic heterocycles. The van der Waals surface area contributed by atoms with E-state index in [9.17, 15) is 5.11 Å². The van der Waals surface area contributed by atoms with Gasteiger partial charge in [-0.15, -0.1) is 0 Å². The molecular weight excluding hydrogens is 150 g/mol. The molecule has 2 heteroatoms. The lowest BCUT2D eigenvalue weighted by atomic mass is 9.92. The minimum Gasteiger partial charge on any atom is -0.387 e. The number of benzene rings is 1. The van der Waals surface area contributed by atoms with Gasteiger partial charge in [0.05, 0.1) is 12.1 Å². The Bertz CT molecular complexity index is 319. The maximum Gasteiger partial charge on any atom is 0.0968 e. The molecule has 3 N–H and O–H groups in total. The van der Waals surface area contributed by atoms with Crippen LogP contribution in [0, 0.1) is 6.04 Å². The smallest absolute Gasteiger partial charge is 0.0968 e. The summed E-state index contributed by atoms with van der Waals surface area (Å²) in [5, 5.41) is 9.38. The van der Waals surface area contributed by atoms with Crippen molar-refractivity contribution in [2.75, 3.05) is 0 Å². The van der Waals surface area contributed by atoms with E-state index >= 15 is 0 Å². The standard InChI is InChI=1S/C10H10NO/c11-10-8-4-2-1-3-7(8)5-6-9(10)12/h1-6,9,12H,11H2. The van der Waals surface area contributed by atoms with Crippen molar-refractivity contribution >= 4 is 6.08 Å². The topological polar surface area (TPSA) is 46.2 Å². The second kappa shape index (κ2) is 2.73. The zero-order valence-corrected chi connectivity index (χ0v) is 6.57. The van der Waals surface area contributed by atoms with Crippen molar-refractivity contribution in [3.05, 3.63) is 47.5 Å². The van der Waals surface area contributed by atoms with E-state index in [-0.39, 0.29) is 0 Å². The Morgan fingerprint density at radius 3 is 2.83 bits per heavy atom. The van der Waals surface area contributed by atoms with Gasteiger partial charge in [-0.1, -0.05) is 36.4 Å². The van der Waals surface area contributed by atoms with Crippen molar-refractivity contribution in [2.45, 2.75) is 6.10 Å². The monoisotopic (exact) mass is 160 g/mol. The van der Waals surface area contributed by atoms with E-state index in [4.69, 9.17) is 5.73 Å². The molecule has 0 amide bonds. The SMILES string of the molecule is N[C]1c2ccccc2C=CC1O. The van der Waals surface area contributed by atoms with E-state index in [1.807, 2.05) is 30.3 Å². The first-order valence-electron chi connectivity index (χ1n) is 3.87. The van der Waals surface area contributed by atoms with Crippen molar-refractivity contribution in [1.29, 1.82) is 0 Å². The van der Waals surface area contributed by atoms with E-state index in [1.165, 1.54) is 0 Å². The molecule has 1 unspecified atom stereocenters. The zero-order chi connectivity index (χ0) is 8.55. The molecule has 0 bridgehead atoms. The molecule has 0 spiro atoms. The van der Waals surface area contributed by atoms with Crippen LogP contribution in [0.2, 0.25) is 0 Å². The number of aliphatic hydroxyl groups excluding tert-OH is 1. The van der Waals surface area contributed by atoms with Crippen LogP contribution in [0.3, 0.4) is 0 Å². The molecule has 1 aromatic rings. The summed E-state index contributed by atoms with van der Waals surface area (Å²) in [5.74, 6) is 0. The summed E-state index contributed by atoms with van der Waals surface area (Å²) in [7, 11) is 0. The van der Waals surface area contributed by atoms with E-state index in [0.717, 1.165) is 11.1 Å². The van der Waals surface area contributed by atoms with Crippen LogP contribution in [0.15, 0.2) is 30.3 Å². The summed E-state index contributed by atoms with van der Waals surface area (Å²) >= 11 is 0. The average Bonchev–Trinajstić information content (AvgIpc) is 2.12. The summed E-state index contributed by atoms with van der Waals surface area (Å²) in [4.78, 5) is 0. The molecule has 1 radical (unpaired) electrons. The van der Waals surface area contributed by atoms with Crippen LogP contribution in [-0.2, 0) is 0 Å². The van der Waals surface area contributed by atoms with Gasteiger partial charge in [-0.2, -0.15) is 0 Å². The van der Waals surface area contributed by atoms with E-state index < -0.39 is 6.10 Å². The highest BCUT2D eigenvalue weighted by molar-refractivity contribution is 5.62. The van der Waals surface area contributed by atoms with Gasteiger partial charge in [-0.3, -0.25) is 0 Å². The summed E-state index contributed by atoms with van der Waals surface area (Å²) in [6.45, 7) is 0. The first-order valence-corrected chi connectivity index (χ1v) is 3.87. The summed E-state index contributed by atoms with van der Waals surface area (Å²) in [5.41, 5.74) is 7.71. The van der Waals surface area contributed by atoms with Gasteiger partial charge in [-0.25, -0.2) is 0 Å². The number of hydrogen-bond acceptors (Lipinski definition) is 2. The van der Waals surface area contributed by atoms with Gasteiger partial charge >= 0.3 is 0 Å². The molecular formula is C10H10NO. The van der Waals surface area contributed by atoms with Crippen LogP contribution in [0.25, 0.3) is 6.08 Å². The minimum absolute atomic E-state index is 0.535. The van der Waals surface area contributed by atoms with Crippen molar-refractivity contribution in [1.82, 2.24) is 0 Å². The van der Waals surface area contributed by atoms with Crippen molar-refractivity contribution in [3.8, 4) is 0 Å². The predicted octanol–water partition coefficient (Wildman–Crippen LogP) is 0.913. The van der Waals surface area contributed by atoms with Crippen LogP contribution < -0.4 is 5.73 Å². The van der Waals surface area contributed by atoms with Gasteiger partial charge in [0.15, 0.2) is 0 Å². The van der Waals surface area contributed by atoms with Crippen LogP contribution in [0.4, 0.5) is 0 Å². The number of hydrogen-bond donors (Lipinski definition) is 2. The molecule has 1 atom stereocenters. The molecule has 0 saturated heterocycles. The highest BCUT2D eigenvalue weighted by Gasteiger charge is 2.20. The van der Waals surface area contributed by atoms with E-state index in [1.54, 1.807) is 6.08 Å². The van der Waals surface area contributed by atoms with Crippen LogP contribution in [0.5, 0.6) is 0 Å². The normalized spacial score (nSPS) is 22.3. The molecule has 2 rings (SSSR count). The predicted molar refractivity (Wildman–Crippen MR) is 48.0 cm³/mol. The molecule has 0 heterocycles. The average molecular weight is 160 g/mol. The fourth-order valence-corrected chi connectivity index (χ4v) is 1.36. The first kappa shape index (κ1) is 7.53. The Labute approximate surface area is 71.3 Å². The van der Waals surface area contributed by atoms with Crippen LogP contribution in [0.1, 0.15) is 11.1 Å².